The quantitative estimate of drug-likeness (QED) is 0.770. The molecule has 2 heteroatoms. The van der Waals surface area contributed by atoms with Crippen LogP contribution in [0.5, 0.6) is 0 Å². The average Bonchev–Trinajstić information content (AvgIpc) is 3.12. The summed E-state index contributed by atoms with van der Waals surface area (Å²) in [6.07, 6.45) is 9.16. The Kier molecular flexibility index (Phi) is 4.48. The second-order valence-electron chi connectivity index (χ2n) is 6.56. The van der Waals surface area contributed by atoms with Crippen molar-refractivity contribution in [2.75, 3.05) is 19.7 Å². The molecule has 0 heterocycles. The van der Waals surface area contributed by atoms with Crippen LogP contribution < -0.4 is 0 Å². The van der Waals surface area contributed by atoms with Gasteiger partial charge in [0.15, 0.2) is 0 Å². The van der Waals surface area contributed by atoms with E-state index in [1.165, 1.54) is 51.5 Å². The number of aliphatic hydroxyl groups excluding tert-OH is 1. The van der Waals surface area contributed by atoms with Crippen LogP contribution in [-0.2, 0) is 0 Å². The summed E-state index contributed by atoms with van der Waals surface area (Å²) in [6.45, 7) is 7.38. The van der Waals surface area contributed by atoms with E-state index in [-0.39, 0.29) is 5.41 Å². The Morgan fingerprint density at radius 1 is 1.29 bits per heavy atom. The highest BCUT2D eigenvalue weighted by molar-refractivity contribution is 4.92. The first kappa shape index (κ1) is 13.4. The number of hydrogen-bond donors (Lipinski definition) is 1. The molecule has 0 amide bonds. The first-order chi connectivity index (χ1) is 8.19. The molecule has 0 bridgehead atoms. The molecule has 1 N–H and O–H groups in total. The van der Waals surface area contributed by atoms with Crippen LogP contribution in [0.4, 0.5) is 0 Å². The number of rotatable bonds is 6. The van der Waals surface area contributed by atoms with Crippen molar-refractivity contribution >= 4 is 0 Å². The van der Waals surface area contributed by atoms with E-state index in [0.29, 0.717) is 6.61 Å². The van der Waals surface area contributed by atoms with Crippen molar-refractivity contribution in [3.8, 4) is 0 Å². The Morgan fingerprint density at radius 2 is 2.06 bits per heavy atom. The smallest absolute Gasteiger partial charge is 0.0499 e. The van der Waals surface area contributed by atoms with E-state index in [0.717, 1.165) is 18.5 Å². The Morgan fingerprint density at radius 3 is 2.59 bits per heavy atom. The number of hydrogen-bond acceptors (Lipinski definition) is 2. The van der Waals surface area contributed by atoms with Crippen LogP contribution in [0, 0.1) is 11.3 Å². The van der Waals surface area contributed by atoms with Crippen LogP contribution in [-0.4, -0.2) is 35.7 Å². The molecule has 2 saturated carbocycles. The maximum atomic E-state index is 9.85. The van der Waals surface area contributed by atoms with Crippen LogP contribution in [0.3, 0.4) is 0 Å². The summed E-state index contributed by atoms with van der Waals surface area (Å²) >= 11 is 0. The van der Waals surface area contributed by atoms with E-state index in [1.54, 1.807) is 0 Å². The van der Waals surface area contributed by atoms with Gasteiger partial charge in [-0.05, 0) is 44.6 Å². The van der Waals surface area contributed by atoms with Crippen LogP contribution >= 0.6 is 0 Å². The minimum Gasteiger partial charge on any atom is -0.396 e. The molecule has 0 aromatic rings. The third kappa shape index (κ3) is 3.45. The summed E-state index contributed by atoms with van der Waals surface area (Å²) in [5.41, 5.74) is 0.218. The maximum Gasteiger partial charge on any atom is 0.0499 e. The lowest BCUT2D eigenvalue weighted by Crippen LogP contribution is -2.44. The van der Waals surface area contributed by atoms with Crippen molar-refractivity contribution in [3.63, 3.8) is 0 Å². The Balaban J connectivity index is 1.96. The van der Waals surface area contributed by atoms with Gasteiger partial charge in [0.05, 0.1) is 0 Å². The largest absolute Gasteiger partial charge is 0.396 e. The summed E-state index contributed by atoms with van der Waals surface area (Å²) < 4.78 is 0. The molecule has 17 heavy (non-hydrogen) atoms. The van der Waals surface area contributed by atoms with Gasteiger partial charge in [-0.2, -0.15) is 0 Å². The van der Waals surface area contributed by atoms with E-state index in [1.807, 2.05) is 0 Å². The third-order valence-electron chi connectivity index (χ3n) is 4.63. The Hall–Kier alpha value is -0.0800. The monoisotopic (exact) mass is 239 g/mol. The molecule has 2 fully saturated rings. The molecule has 2 aliphatic carbocycles. The molecule has 2 rings (SSSR count). The van der Waals surface area contributed by atoms with Gasteiger partial charge in [0.1, 0.15) is 0 Å². The number of nitrogens with zero attached hydrogens (tertiary/aromatic N) is 1. The van der Waals surface area contributed by atoms with Crippen LogP contribution in [0.1, 0.15) is 58.8 Å². The first-order valence-electron chi connectivity index (χ1n) is 7.54. The second kappa shape index (κ2) is 5.71. The molecule has 0 aromatic carbocycles. The molecule has 0 spiro atoms. The molecule has 0 saturated heterocycles. The van der Waals surface area contributed by atoms with Gasteiger partial charge in [-0.25, -0.2) is 0 Å². The summed E-state index contributed by atoms with van der Waals surface area (Å²) in [7, 11) is 0. The zero-order chi connectivity index (χ0) is 12.3. The molecule has 0 radical (unpaired) electrons. The van der Waals surface area contributed by atoms with Gasteiger partial charge in [0, 0.05) is 24.6 Å². The minimum atomic E-state index is 0.218. The van der Waals surface area contributed by atoms with Gasteiger partial charge in [-0.15, -0.1) is 0 Å². The van der Waals surface area contributed by atoms with Crippen LogP contribution in [0.2, 0.25) is 0 Å². The fourth-order valence-electron chi connectivity index (χ4n) is 3.65. The Labute approximate surface area is 106 Å². The fourth-order valence-corrected chi connectivity index (χ4v) is 3.65. The molecule has 2 aliphatic rings. The van der Waals surface area contributed by atoms with Gasteiger partial charge < -0.3 is 5.11 Å². The van der Waals surface area contributed by atoms with Crippen molar-refractivity contribution in [2.24, 2.45) is 11.3 Å². The topological polar surface area (TPSA) is 23.5 Å². The molecule has 2 unspecified atom stereocenters. The van der Waals surface area contributed by atoms with E-state index in [4.69, 9.17) is 0 Å². The Bertz CT molecular complexity index is 239. The molecule has 2 atom stereocenters. The molecule has 0 aromatic heterocycles. The highest BCUT2D eigenvalue weighted by Crippen LogP contribution is 2.41. The third-order valence-corrected chi connectivity index (χ3v) is 4.63. The van der Waals surface area contributed by atoms with Gasteiger partial charge in [0.2, 0.25) is 0 Å². The van der Waals surface area contributed by atoms with Crippen molar-refractivity contribution in [1.82, 2.24) is 4.90 Å². The van der Waals surface area contributed by atoms with Crippen LogP contribution in [0.25, 0.3) is 0 Å². The zero-order valence-corrected chi connectivity index (χ0v) is 11.6. The summed E-state index contributed by atoms with van der Waals surface area (Å²) in [6, 6.07) is 0.843. The van der Waals surface area contributed by atoms with E-state index in [2.05, 4.69) is 18.7 Å². The average molecular weight is 239 g/mol. The molecule has 100 valence electrons. The van der Waals surface area contributed by atoms with E-state index >= 15 is 0 Å². The molecular formula is C15H29NO. The zero-order valence-electron chi connectivity index (χ0n) is 11.6. The van der Waals surface area contributed by atoms with E-state index in [9.17, 15) is 5.11 Å². The van der Waals surface area contributed by atoms with Gasteiger partial charge in [0.25, 0.3) is 0 Å². The highest BCUT2D eigenvalue weighted by atomic mass is 16.3. The lowest BCUT2D eigenvalue weighted by molar-refractivity contribution is 0.0214. The normalized spacial score (nSPS) is 34.2. The standard InChI is InChI=1S/C15H29NO/c1-3-9-16(14-6-7-14)11-15(12-17)8-4-5-13(2)10-15/h13-14,17H,3-12H2,1-2H3. The predicted molar refractivity (Wildman–Crippen MR) is 72.0 cm³/mol. The first-order valence-corrected chi connectivity index (χ1v) is 7.54. The lowest BCUT2D eigenvalue weighted by Gasteiger charge is -2.42. The van der Waals surface area contributed by atoms with Crippen molar-refractivity contribution in [2.45, 2.75) is 64.8 Å². The van der Waals surface area contributed by atoms with Crippen LogP contribution in [0.15, 0.2) is 0 Å². The molecular weight excluding hydrogens is 210 g/mol. The minimum absolute atomic E-state index is 0.218. The molecule has 0 aliphatic heterocycles. The summed E-state index contributed by atoms with van der Waals surface area (Å²) in [5.74, 6) is 0.804. The second-order valence-corrected chi connectivity index (χ2v) is 6.56. The summed E-state index contributed by atoms with van der Waals surface area (Å²) in [5, 5.41) is 9.85. The summed E-state index contributed by atoms with van der Waals surface area (Å²) in [4.78, 5) is 2.66. The van der Waals surface area contributed by atoms with Gasteiger partial charge in [-0.3, -0.25) is 4.90 Å². The van der Waals surface area contributed by atoms with Gasteiger partial charge >= 0.3 is 0 Å². The molecule has 2 nitrogen and oxygen atoms in total. The SMILES string of the molecule is CCCN(CC1(CO)CCCC(C)C1)C1CC1. The number of aliphatic hydroxyl groups is 1. The van der Waals surface area contributed by atoms with Crippen molar-refractivity contribution < 1.29 is 5.11 Å². The van der Waals surface area contributed by atoms with Crippen molar-refractivity contribution in [3.05, 3.63) is 0 Å². The van der Waals surface area contributed by atoms with E-state index < -0.39 is 0 Å². The highest BCUT2D eigenvalue weighted by Gasteiger charge is 2.39. The fraction of sp³-hybridized carbons (Fsp3) is 1.00. The predicted octanol–water partition coefficient (Wildman–Crippen LogP) is 3.05. The van der Waals surface area contributed by atoms with Gasteiger partial charge in [-0.1, -0.05) is 26.7 Å². The maximum absolute atomic E-state index is 9.85. The van der Waals surface area contributed by atoms with Crippen molar-refractivity contribution in [1.29, 1.82) is 0 Å². The lowest BCUT2D eigenvalue weighted by atomic mass is 9.70.